The highest BCUT2D eigenvalue weighted by molar-refractivity contribution is 5.68. The van der Waals surface area contributed by atoms with Gasteiger partial charge in [-0.1, -0.05) is 30.3 Å². The summed E-state index contributed by atoms with van der Waals surface area (Å²) in [6.07, 6.45) is -6.41. The fraction of sp³-hybridized carbons (Fsp3) is 0.524. The van der Waals surface area contributed by atoms with Crippen LogP contribution in [-0.4, -0.2) is 61.2 Å². The molecular formula is C21H26O11. The van der Waals surface area contributed by atoms with Gasteiger partial charge in [-0.2, -0.15) is 4.89 Å². The van der Waals surface area contributed by atoms with E-state index >= 15 is 0 Å². The number of carbonyl (C=O) groups excluding carboxylic acids is 4. The first kappa shape index (κ1) is 25.2. The summed E-state index contributed by atoms with van der Waals surface area (Å²) in [5.74, 6) is -2.79. The molecule has 0 amide bonds. The van der Waals surface area contributed by atoms with Gasteiger partial charge >= 0.3 is 23.9 Å². The van der Waals surface area contributed by atoms with E-state index in [9.17, 15) is 19.2 Å². The Kier molecular flexibility index (Phi) is 9.57. The monoisotopic (exact) mass is 454 g/mol. The number of benzene rings is 1. The summed E-state index contributed by atoms with van der Waals surface area (Å²) < 4.78 is 26.6. The number of hydrogen-bond donors (Lipinski definition) is 0. The normalized spacial score (nSPS) is 24.8. The quantitative estimate of drug-likeness (QED) is 0.231. The lowest BCUT2D eigenvalue weighted by atomic mass is 9.98. The van der Waals surface area contributed by atoms with Crippen LogP contribution in [0.25, 0.3) is 0 Å². The van der Waals surface area contributed by atoms with Crippen molar-refractivity contribution in [3.8, 4) is 0 Å². The second-order valence-corrected chi connectivity index (χ2v) is 6.91. The van der Waals surface area contributed by atoms with E-state index in [1.165, 1.54) is 6.92 Å². The van der Waals surface area contributed by atoms with Gasteiger partial charge < -0.3 is 23.7 Å². The molecule has 0 radical (unpaired) electrons. The van der Waals surface area contributed by atoms with Gasteiger partial charge in [0.1, 0.15) is 19.3 Å². The van der Waals surface area contributed by atoms with Gasteiger partial charge in [0.25, 0.3) is 0 Å². The van der Waals surface area contributed by atoms with Crippen LogP contribution in [-0.2, 0) is 59.2 Å². The first-order chi connectivity index (χ1) is 15.2. The minimum Gasteiger partial charge on any atom is -0.463 e. The van der Waals surface area contributed by atoms with Gasteiger partial charge in [0, 0.05) is 27.7 Å². The molecule has 0 aromatic heterocycles. The van der Waals surface area contributed by atoms with E-state index in [0.717, 1.165) is 26.3 Å². The summed E-state index contributed by atoms with van der Waals surface area (Å²) in [4.78, 5) is 57.0. The molecule has 5 atom stereocenters. The topological polar surface area (TPSA) is 133 Å². The summed E-state index contributed by atoms with van der Waals surface area (Å²) in [6.45, 7) is 4.28. The van der Waals surface area contributed by atoms with E-state index in [2.05, 4.69) is 0 Å². The minimum absolute atomic E-state index is 0.0354. The summed E-state index contributed by atoms with van der Waals surface area (Å²) in [5, 5.41) is 0. The van der Waals surface area contributed by atoms with Crippen LogP contribution in [0.5, 0.6) is 0 Å². The fourth-order valence-electron chi connectivity index (χ4n) is 3.01. The molecule has 32 heavy (non-hydrogen) atoms. The molecule has 0 spiro atoms. The summed E-state index contributed by atoms with van der Waals surface area (Å²) in [7, 11) is 0. The highest BCUT2D eigenvalue weighted by Gasteiger charge is 2.53. The Morgan fingerprint density at radius 1 is 0.781 bits per heavy atom. The molecule has 0 aliphatic carbocycles. The maximum absolute atomic E-state index is 11.8. The average molecular weight is 454 g/mol. The second kappa shape index (κ2) is 12.1. The third-order valence-corrected chi connectivity index (χ3v) is 4.18. The highest BCUT2D eigenvalue weighted by Crippen LogP contribution is 2.30. The van der Waals surface area contributed by atoms with Crippen molar-refractivity contribution < 1.29 is 52.6 Å². The van der Waals surface area contributed by atoms with Crippen LogP contribution in [0.2, 0.25) is 0 Å². The zero-order valence-corrected chi connectivity index (χ0v) is 18.2. The van der Waals surface area contributed by atoms with E-state index in [0.29, 0.717) is 0 Å². The Labute approximate surface area is 184 Å². The predicted octanol–water partition coefficient (Wildman–Crippen LogP) is 1.22. The van der Waals surface area contributed by atoms with Crippen molar-refractivity contribution in [1.82, 2.24) is 0 Å². The lowest BCUT2D eigenvalue weighted by molar-refractivity contribution is -0.430. The van der Waals surface area contributed by atoms with Gasteiger partial charge in [0.05, 0.1) is 0 Å². The molecule has 5 unspecified atom stereocenters. The van der Waals surface area contributed by atoms with Crippen molar-refractivity contribution >= 4 is 23.9 Å². The molecule has 2 rings (SSSR count). The van der Waals surface area contributed by atoms with Crippen LogP contribution < -0.4 is 0 Å². The molecule has 0 saturated carbocycles. The van der Waals surface area contributed by atoms with Crippen molar-refractivity contribution in [1.29, 1.82) is 0 Å². The van der Waals surface area contributed by atoms with Crippen LogP contribution in [0.3, 0.4) is 0 Å². The van der Waals surface area contributed by atoms with Gasteiger partial charge in [-0.3, -0.25) is 19.2 Å². The zero-order chi connectivity index (χ0) is 23.7. The Balaban J connectivity index is 2.28. The molecule has 1 aliphatic heterocycles. The van der Waals surface area contributed by atoms with Crippen LogP contribution in [0.4, 0.5) is 0 Å². The summed E-state index contributed by atoms with van der Waals surface area (Å²) >= 11 is 0. The largest absolute Gasteiger partial charge is 0.463 e. The third kappa shape index (κ3) is 7.91. The Morgan fingerprint density at radius 3 is 1.91 bits per heavy atom. The predicted molar refractivity (Wildman–Crippen MR) is 104 cm³/mol. The van der Waals surface area contributed by atoms with Crippen molar-refractivity contribution in [3.63, 3.8) is 0 Å². The molecule has 1 heterocycles. The number of ether oxygens (including phenoxy) is 5. The van der Waals surface area contributed by atoms with Gasteiger partial charge in [0.2, 0.25) is 6.29 Å². The van der Waals surface area contributed by atoms with E-state index in [1.807, 2.05) is 18.2 Å². The fourth-order valence-corrected chi connectivity index (χ4v) is 3.01. The Morgan fingerprint density at radius 2 is 1.34 bits per heavy atom. The molecule has 11 heteroatoms. The molecule has 1 fully saturated rings. The second-order valence-electron chi connectivity index (χ2n) is 6.91. The van der Waals surface area contributed by atoms with E-state index in [-0.39, 0.29) is 13.2 Å². The van der Waals surface area contributed by atoms with Gasteiger partial charge in [-0.25, -0.2) is 4.89 Å². The van der Waals surface area contributed by atoms with E-state index in [4.69, 9.17) is 33.5 Å². The molecule has 0 bridgehead atoms. The van der Waals surface area contributed by atoms with Crippen LogP contribution in [0.1, 0.15) is 33.3 Å². The molecular weight excluding hydrogens is 428 g/mol. The number of carbonyl (C=O) groups is 4. The zero-order valence-electron chi connectivity index (χ0n) is 18.2. The van der Waals surface area contributed by atoms with Crippen LogP contribution >= 0.6 is 0 Å². The standard InChI is InChI=1S/C21H26O11/c1-12(22)26-11-17-18(28-13(2)23)19(29-14(3)24)20(30-15(4)25)21(31-17)32-27-10-16-8-6-5-7-9-16/h5-9,17-21H,10-11H2,1-4H3. The molecule has 0 N–H and O–H groups in total. The summed E-state index contributed by atoms with van der Waals surface area (Å²) in [5.41, 5.74) is 0.790. The summed E-state index contributed by atoms with van der Waals surface area (Å²) in [6, 6.07) is 9.07. The molecule has 176 valence electrons. The lowest BCUT2D eigenvalue weighted by Gasteiger charge is -2.43. The van der Waals surface area contributed by atoms with Crippen molar-refractivity contribution in [2.24, 2.45) is 0 Å². The highest BCUT2D eigenvalue weighted by atomic mass is 17.2. The van der Waals surface area contributed by atoms with Crippen molar-refractivity contribution in [2.45, 2.75) is 65.0 Å². The molecule has 1 aromatic carbocycles. The number of rotatable bonds is 9. The molecule has 11 nitrogen and oxygen atoms in total. The van der Waals surface area contributed by atoms with Gasteiger partial charge in [-0.15, -0.1) is 0 Å². The maximum Gasteiger partial charge on any atom is 0.303 e. The van der Waals surface area contributed by atoms with E-state index < -0.39 is 54.6 Å². The lowest BCUT2D eigenvalue weighted by Crippen LogP contribution is -2.62. The molecule has 1 saturated heterocycles. The Hall–Kier alpha value is -3.02. The first-order valence-corrected chi connectivity index (χ1v) is 9.80. The number of esters is 4. The van der Waals surface area contributed by atoms with Gasteiger partial charge in [0.15, 0.2) is 18.3 Å². The van der Waals surface area contributed by atoms with E-state index in [1.54, 1.807) is 12.1 Å². The smallest absolute Gasteiger partial charge is 0.303 e. The third-order valence-electron chi connectivity index (χ3n) is 4.18. The Bertz CT molecular complexity index is 794. The minimum atomic E-state index is -1.39. The van der Waals surface area contributed by atoms with Crippen LogP contribution in [0, 0.1) is 0 Å². The van der Waals surface area contributed by atoms with Crippen molar-refractivity contribution in [2.75, 3.05) is 6.61 Å². The maximum atomic E-state index is 11.8. The van der Waals surface area contributed by atoms with Crippen molar-refractivity contribution in [3.05, 3.63) is 35.9 Å². The first-order valence-electron chi connectivity index (χ1n) is 9.80. The number of hydrogen-bond acceptors (Lipinski definition) is 11. The van der Waals surface area contributed by atoms with Crippen LogP contribution in [0.15, 0.2) is 30.3 Å². The molecule has 1 aliphatic rings. The molecule has 1 aromatic rings. The SMILES string of the molecule is CC(=O)OCC1OC(OOCc2ccccc2)C(OC(C)=O)C(OC(C)=O)C1OC(C)=O. The van der Waals surface area contributed by atoms with Gasteiger partial charge in [-0.05, 0) is 5.56 Å². The average Bonchev–Trinajstić information content (AvgIpc) is 2.70.